The number of sulfonamides is 1. The van der Waals surface area contributed by atoms with Gasteiger partial charge in [-0.3, -0.25) is 13.9 Å². The third-order valence-corrected chi connectivity index (χ3v) is 8.69. The molecule has 0 bridgehead atoms. The number of carbonyl (C=O) groups excluding carboxylic acids is 2. The van der Waals surface area contributed by atoms with Crippen LogP contribution in [0.5, 0.6) is 0 Å². The van der Waals surface area contributed by atoms with Crippen LogP contribution in [0.25, 0.3) is 0 Å². The second-order valence-electron chi connectivity index (χ2n) is 9.76. The van der Waals surface area contributed by atoms with Gasteiger partial charge in [0.25, 0.3) is 10.0 Å². The summed E-state index contributed by atoms with van der Waals surface area (Å²) < 4.78 is 29.0. The molecule has 3 aromatic rings. The molecule has 9 heteroatoms. The maximum atomic E-state index is 14.0. The van der Waals surface area contributed by atoms with E-state index in [1.165, 1.54) is 17.0 Å². The van der Waals surface area contributed by atoms with E-state index in [0.717, 1.165) is 21.9 Å². The molecule has 0 spiro atoms. The summed E-state index contributed by atoms with van der Waals surface area (Å²) in [5, 5.41) is 3.39. The molecule has 0 fully saturated rings. The number of amides is 2. The molecule has 0 aromatic heterocycles. The zero-order valence-corrected chi connectivity index (χ0v) is 24.6. The zero-order chi connectivity index (χ0) is 28.7. The molecule has 0 saturated carbocycles. The first-order valence-electron chi connectivity index (χ1n) is 12.9. The van der Waals surface area contributed by atoms with Crippen molar-refractivity contribution in [1.29, 1.82) is 0 Å². The van der Waals surface area contributed by atoms with Gasteiger partial charge < -0.3 is 10.2 Å². The summed E-state index contributed by atoms with van der Waals surface area (Å²) in [5.74, 6) is -0.806. The number of rotatable bonds is 11. The zero-order valence-electron chi connectivity index (χ0n) is 23.0. The standard InChI is InChI=1S/C30H36ClN3O4S/c1-6-23(4)32-30(36)24(5)33(19-25-10-8-7-9-11-25)29(35)20-34(28-17-14-26(31)18-22(28)3)39(37,38)27-15-12-21(2)13-16-27/h7-18,23-24H,6,19-20H2,1-5H3,(H,32,36)/t23-,24+/m1/s1. The SMILES string of the molecule is CC[C@@H](C)NC(=O)[C@H](C)N(Cc1ccccc1)C(=O)CN(c1ccc(Cl)cc1C)S(=O)(=O)c1ccc(C)cc1. The predicted octanol–water partition coefficient (Wildman–Crippen LogP) is 5.48. The minimum atomic E-state index is -4.13. The van der Waals surface area contributed by atoms with Crippen LogP contribution in [-0.4, -0.2) is 43.8 Å². The molecular formula is C30H36ClN3O4S. The summed E-state index contributed by atoms with van der Waals surface area (Å²) in [6.07, 6.45) is 0.740. The van der Waals surface area contributed by atoms with E-state index in [2.05, 4.69) is 5.32 Å². The van der Waals surface area contributed by atoms with Crippen LogP contribution < -0.4 is 9.62 Å². The molecule has 0 aliphatic heterocycles. The Morgan fingerprint density at radius 3 is 2.18 bits per heavy atom. The fourth-order valence-electron chi connectivity index (χ4n) is 4.08. The molecule has 3 rings (SSSR count). The van der Waals surface area contributed by atoms with E-state index in [1.807, 2.05) is 51.1 Å². The van der Waals surface area contributed by atoms with Gasteiger partial charge in [-0.15, -0.1) is 0 Å². The lowest BCUT2D eigenvalue weighted by molar-refractivity contribution is -0.139. The average Bonchev–Trinajstić information content (AvgIpc) is 2.91. The minimum absolute atomic E-state index is 0.0624. The van der Waals surface area contributed by atoms with Gasteiger partial charge in [-0.25, -0.2) is 8.42 Å². The smallest absolute Gasteiger partial charge is 0.264 e. The molecule has 0 aliphatic carbocycles. The molecule has 2 atom stereocenters. The van der Waals surface area contributed by atoms with Crippen LogP contribution in [0.1, 0.15) is 43.9 Å². The Morgan fingerprint density at radius 1 is 0.949 bits per heavy atom. The van der Waals surface area contributed by atoms with Crippen molar-refractivity contribution in [3.05, 3.63) is 94.5 Å². The van der Waals surface area contributed by atoms with Gasteiger partial charge in [0.15, 0.2) is 0 Å². The Morgan fingerprint density at radius 2 is 1.59 bits per heavy atom. The van der Waals surface area contributed by atoms with Gasteiger partial charge in [0.05, 0.1) is 10.6 Å². The molecule has 208 valence electrons. The fourth-order valence-corrected chi connectivity index (χ4v) is 5.78. The summed E-state index contributed by atoms with van der Waals surface area (Å²) in [4.78, 5) is 28.5. The van der Waals surface area contributed by atoms with E-state index in [1.54, 1.807) is 44.2 Å². The summed E-state index contributed by atoms with van der Waals surface area (Å²) in [7, 11) is -4.13. The van der Waals surface area contributed by atoms with Crippen molar-refractivity contribution in [1.82, 2.24) is 10.2 Å². The van der Waals surface area contributed by atoms with Crippen molar-refractivity contribution < 1.29 is 18.0 Å². The van der Waals surface area contributed by atoms with E-state index >= 15 is 0 Å². The van der Waals surface area contributed by atoms with Crippen LogP contribution in [0.15, 0.2) is 77.7 Å². The van der Waals surface area contributed by atoms with Crippen LogP contribution in [0, 0.1) is 13.8 Å². The minimum Gasteiger partial charge on any atom is -0.352 e. The second-order valence-corrected chi connectivity index (χ2v) is 12.1. The number of benzene rings is 3. The first kappa shape index (κ1) is 30.2. The van der Waals surface area contributed by atoms with Gasteiger partial charge in [0, 0.05) is 17.6 Å². The second kappa shape index (κ2) is 13.1. The predicted molar refractivity (Wildman–Crippen MR) is 156 cm³/mol. The molecule has 0 heterocycles. The van der Waals surface area contributed by atoms with E-state index in [0.29, 0.717) is 16.3 Å². The van der Waals surface area contributed by atoms with Gasteiger partial charge in [0.1, 0.15) is 12.6 Å². The Kier molecular flexibility index (Phi) is 10.2. The number of halogens is 1. The Hall–Kier alpha value is -3.36. The molecule has 0 saturated heterocycles. The lowest BCUT2D eigenvalue weighted by atomic mass is 10.1. The lowest BCUT2D eigenvalue weighted by Gasteiger charge is -2.33. The molecule has 0 radical (unpaired) electrons. The maximum Gasteiger partial charge on any atom is 0.264 e. The number of hydrogen-bond acceptors (Lipinski definition) is 4. The molecule has 0 aliphatic rings. The summed E-state index contributed by atoms with van der Waals surface area (Å²) in [6, 6.07) is 19.7. The molecule has 2 amide bonds. The van der Waals surface area contributed by atoms with E-state index in [9.17, 15) is 18.0 Å². The van der Waals surface area contributed by atoms with E-state index in [4.69, 9.17) is 11.6 Å². The Labute approximate surface area is 236 Å². The number of carbonyl (C=O) groups is 2. The summed E-state index contributed by atoms with van der Waals surface area (Å²) in [6.45, 7) is 8.78. The molecular weight excluding hydrogens is 534 g/mol. The Bertz CT molecular complexity index is 1400. The first-order valence-corrected chi connectivity index (χ1v) is 14.7. The quantitative estimate of drug-likeness (QED) is 0.331. The van der Waals surface area contributed by atoms with Crippen LogP contribution in [0.3, 0.4) is 0 Å². The van der Waals surface area contributed by atoms with Crippen molar-refractivity contribution >= 4 is 39.1 Å². The number of anilines is 1. The van der Waals surface area contributed by atoms with Crippen LogP contribution >= 0.6 is 11.6 Å². The molecule has 0 unspecified atom stereocenters. The van der Waals surface area contributed by atoms with Crippen molar-refractivity contribution in [2.24, 2.45) is 0 Å². The number of nitrogens with one attached hydrogen (secondary N) is 1. The summed E-state index contributed by atoms with van der Waals surface area (Å²) >= 11 is 6.16. The van der Waals surface area contributed by atoms with Crippen LogP contribution in [0.4, 0.5) is 5.69 Å². The molecule has 3 aromatic carbocycles. The van der Waals surface area contributed by atoms with Gasteiger partial charge >= 0.3 is 0 Å². The normalized spacial score (nSPS) is 12.9. The third kappa shape index (κ3) is 7.61. The number of hydrogen-bond donors (Lipinski definition) is 1. The fraction of sp³-hybridized carbons (Fsp3) is 0.333. The van der Waals surface area contributed by atoms with Gasteiger partial charge in [-0.1, -0.05) is 66.6 Å². The topological polar surface area (TPSA) is 86.8 Å². The highest BCUT2D eigenvalue weighted by atomic mass is 35.5. The van der Waals surface area contributed by atoms with Gasteiger partial charge in [-0.05, 0) is 75.6 Å². The summed E-state index contributed by atoms with van der Waals surface area (Å²) in [5.41, 5.74) is 2.67. The molecule has 1 N–H and O–H groups in total. The third-order valence-electron chi connectivity index (χ3n) is 6.68. The molecule has 7 nitrogen and oxygen atoms in total. The molecule has 39 heavy (non-hydrogen) atoms. The van der Waals surface area contributed by atoms with E-state index < -0.39 is 28.5 Å². The van der Waals surface area contributed by atoms with Crippen molar-refractivity contribution in [2.75, 3.05) is 10.8 Å². The monoisotopic (exact) mass is 569 g/mol. The maximum absolute atomic E-state index is 14.0. The van der Waals surface area contributed by atoms with Crippen molar-refractivity contribution in [3.63, 3.8) is 0 Å². The Balaban J connectivity index is 2.04. The number of nitrogens with zero attached hydrogens (tertiary/aromatic N) is 2. The van der Waals surface area contributed by atoms with Gasteiger partial charge in [-0.2, -0.15) is 0 Å². The van der Waals surface area contributed by atoms with Crippen molar-refractivity contribution in [2.45, 2.75) is 64.6 Å². The highest BCUT2D eigenvalue weighted by Crippen LogP contribution is 2.29. The van der Waals surface area contributed by atoms with Crippen molar-refractivity contribution in [3.8, 4) is 0 Å². The van der Waals surface area contributed by atoms with Crippen LogP contribution in [0.2, 0.25) is 5.02 Å². The highest BCUT2D eigenvalue weighted by Gasteiger charge is 2.33. The first-order chi connectivity index (χ1) is 18.4. The largest absolute Gasteiger partial charge is 0.352 e. The van der Waals surface area contributed by atoms with Gasteiger partial charge in [0.2, 0.25) is 11.8 Å². The number of aryl methyl sites for hydroxylation is 2. The highest BCUT2D eigenvalue weighted by molar-refractivity contribution is 7.92. The average molecular weight is 570 g/mol. The van der Waals surface area contributed by atoms with E-state index in [-0.39, 0.29) is 23.4 Å². The lowest BCUT2D eigenvalue weighted by Crippen LogP contribution is -2.52. The van der Waals surface area contributed by atoms with Crippen LogP contribution in [-0.2, 0) is 26.2 Å².